The number of benzene rings is 2. The van der Waals surface area contributed by atoms with Crippen molar-refractivity contribution in [1.29, 1.82) is 0 Å². The van der Waals surface area contributed by atoms with Crippen LogP contribution in [0.3, 0.4) is 0 Å². The highest BCUT2D eigenvalue weighted by molar-refractivity contribution is 5.93. The summed E-state index contributed by atoms with van der Waals surface area (Å²) in [6.07, 6.45) is 2.58. The van der Waals surface area contributed by atoms with E-state index in [1.807, 2.05) is 27.8 Å². The lowest BCUT2D eigenvalue weighted by atomic mass is 10.0. The zero-order chi connectivity index (χ0) is 24.4. The van der Waals surface area contributed by atoms with Crippen LogP contribution in [0.25, 0.3) is 0 Å². The molecule has 35 heavy (non-hydrogen) atoms. The Labute approximate surface area is 206 Å². The molecule has 0 spiro atoms. The van der Waals surface area contributed by atoms with Crippen LogP contribution in [0, 0.1) is 5.92 Å². The maximum absolute atomic E-state index is 13.0. The maximum Gasteiger partial charge on any atom is 0.273 e. The first-order valence-corrected chi connectivity index (χ1v) is 12.6. The molecule has 182 valence electrons. The largest absolute Gasteiger partial charge is 0.350 e. The number of hydrogen-bond acceptors (Lipinski definition) is 4. The second kappa shape index (κ2) is 10.0. The summed E-state index contributed by atoms with van der Waals surface area (Å²) < 4.78 is 1.87. The van der Waals surface area contributed by atoms with Gasteiger partial charge in [-0.1, -0.05) is 73.7 Å². The molecule has 0 radical (unpaired) electrons. The monoisotopic (exact) mass is 471 g/mol. The van der Waals surface area contributed by atoms with Gasteiger partial charge >= 0.3 is 0 Å². The van der Waals surface area contributed by atoms with Crippen LogP contribution in [-0.2, 0) is 17.9 Å². The molecule has 1 aromatic heterocycles. The number of likely N-dealkylation sites (tertiary alicyclic amines) is 1. The van der Waals surface area contributed by atoms with E-state index in [0.717, 1.165) is 29.7 Å². The smallest absolute Gasteiger partial charge is 0.273 e. The van der Waals surface area contributed by atoms with Gasteiger partial charge in [0.25, 0.3) is 5.91 Å². The molecule has 0 bridgehead atoms. The van der Waals surface area contributed by atoms with Crippen LogP contribution >= 0.6 is 0 Å². The molecule has 1 unspecified atom stereocenters. The van der Waals surface area contributed by atoms with Crippen molar-refractivity contribution in [3.8, 4) is 0 Å². The lowest BCUT2D eigenvalue weighted by molar-refractivity contribution is -0.128. The van der Waals surface area contributed by atoms with Crippen molar-refractivity contribution in [1.82, 2.24) is 25.2 Å². The molecule has 5 rings (SSSR count). The summed E-state index contributed by atoms with van der Waals surface area (Å²) in [7, 11) is 0. The highest BCUT2D eigenvalue weighted by Gasteiger charge is 2.35. The summed E-state index contributed by atoms with van der Waals surface area (Å²) in [4.78, 5) is 27.5. The first kappa shape index (κ1) is 23.3. The van der Waals surface area contributed by atoms with Gasteiger partial charge in [-0.05, 0) is 35.4 Å². The second-order valence-electron chi connectivity index (χ2n) is 10.2. The van der Waals surface area contributed by atoms with Gasteiger partial charge in [-0.2, -0.15) is 0 Å². The lowest BCUT2D eigenvalue weighted by Crippen LogP contribution is -2.32. The predicted octanol–water partition coefficient (Wildman–Crippen LogP) is 4.11. The van der Waals surface area contributed by atoms with Gasteiger partial charge < -0.3 is 10.2 Å². The van der Waals surface area contributed by atoms with Crippen molar-refractivity contribution in [3.63, 3.8) is 0 Å². The van der Waals surface area contributed by atoms with Crippen LogP contribution in [-0.4, -0.2) is 44.8 Å². The minimum absolute atomic E-state index is 0.102. The fraction of sp³-hybridized carbons (Fsp3) is 0.429. The molecular weight excluding hydrogens is 438 g/mol. The van der Waals surface area contributed by atoms with E-state index in [4.69, 9.17) is 0 Å². The van der Waals surface area contributed by atoms with Gasteiger partial charge in [0.2, 0.25) is 5.91 Å². The molecule has 2 heterocycles. The molecule has 1 N–H and O–H groups in total. The minimum atomic E-state index is -0.193. The summed E-state index contributed by atoms with van der Waals surface area (Å²) in [6.45, 7) is 6.69. The third-order valence-corrected chi connectivity index (χ3v) is 6.99. The molecule has 1 saturated heterocycles. The Morgan fingerprint density at radius 1 is 1.03 bits per heavy atom. The van der Waals surface area contributed by atoms with E-state index in [2.05, 4.69) is 65.9 Å². The molecule has 2 aliphatic rings. The Hall–Kier alpha value is -3.48. The number of carbonyl (C=O) groups is 2. The molecule has 3 aromatic rings. The van der Waals surface area contributed by atoms with E-state index in [1.54, 1.807) is 0 Å². The van der Waals surface area contributed by atoms with Gasteiger partial charge in [-0.3, -0.25) is 9.59 Å². The van der Waals surface area contributed by atoms with Crippen molar-refractivity contribution < 1.29 is 9.59 Å². The number of aromatic nitrogens is 3. The third kappa shape index (κ3) is 5.45. The average molecular weight is 472 g/mol. The Morgan fingerprint density at radius 3 is 2.43 bits per heavy atom. The standard InChI is InChI=1S/C28H33N5O2/c1-19(2)23-10-8-21(9-11-23)16-32-17-22(14-25(32)34)15-29-28(35)26-27(24-12-13-24)33(31-30-26)18-20-6-4-3-5-7-20/h3-11,19,22,24H,12-18H2,1-2H3,(H,29,35). The molecule has 2 aromatic carbocycles. The minimum Gasteiger partial charge on any atom is -0.350 e. The van der Waals surface area contributed by atoms with E-state index in [9.17, 15) is 9.59 Å². The molecule has 2 amide bonds. The number of amides is 2. The van der Waals surface area contributed by atoms with E-state index in [0.29, 0.717) is 50.1 Å². The van der Waals surface area contributed by atoms with Crippen molar-refractivity contribution in [2.24, 2.45) is 5.92 Å². The first-order chi connectivity index (χ1) is 17.0. The SMILES string of the molecule is CC(C)c1ccc(CN2CC(CNC(=O)c3nnn(Cc4ccccc4)c3C3CC3)CC2=O)cc1. The van der Waals surface area contributed by atoms with Gasteiger partial charge in [-0.15, -0.1) is 5.10 Å². The Kier molecular flexibility index (Phi) is 6.66. The van der Waals surface area contributed by atoms with Crippen LogP contribution in [0.1, 0.15) is 77.8 Å². The highest BCUT2D eigenvalue weighted by atomic mass is 16.2. The average Bonchev–Trinajstić information content (AvgIpc) is 3.52. The summed E-state index contributed by atoms with van der Waals surface area (Å²) in [6, 6.07) is 18.6. The van der Waals surface area contributed by atoms with Crippen molar-refractivity contribution in [2.75, 3.05) is 13.1 Å². The van der Waals surface area contributed by atoms with Gasteiger partial charge in [0.1, 0.15) is 0 Å². The number of nitrogens with one attached hydrogen (secondary N) is 1. The van der Waals surface area contributed by atoms with Crippen molar-refractivity contribution in [2.45, 2.75) is 58.0 Å². The molecular formula is C28H33N5O2. The highest BCUT2D eigenvalue weighted by Crippen LogP contribution is 2.41. The lowest BCUT2D eigenvalue weighted by Gasteiger charge is -2.17. The topological polar surface area (TPSA) is 80.1 Å². The van der Waals surface area contributed by atoms with E-state index < -0.39 is 0 Å². The molecule has 1 saturated carbocycles. The molecule has 7 heteroatoms. The van der Waals surface area contributed by atoms with Gasteiger partial charge in [0.15, 0.2) is 5.69 Å². The molecule has 2 fully saturated rings. The number of nitrogens with zero attached hydrogens (tertiary/aromatic N) is 4. The summed E-state index contributed by atoms with van der Waals surface area (Å²) in [5.41, 5.74) is 4.93. The van der Waals surface area contributed by atoms with E-state index in [1.165, 1.54) is 5.56 Å². The maximum atomic E-state index is 13.0. The Balaban J connectivity index is 1.18. The second-order valence-corrected chi connectivity index (χ2v) is 10.2. The van der Waals surface area contributed by atoms with Crippen molar-refractivity contribution in [3.05, 3.63) is 82.7 Å². The van der Waals surface area contributed by atoms with Crippen molar-refractivity contribution >= 4 is 11.8 Å². The van der Waals surface area contributed by atoms with Gasteiger partial charge in [0, 0.05) is 37.9 Å². The van der Waals surface area contributed by atoms with Crippen LogP contribution in [0.4, 0.5) is 0 Å². The van der Waals surface area contributed by atoms with Crippen LogP contribution in [0.15, 0.2) is 54.6 Å². The van der Waals surface area contributed by atoms with Crippen LogP contribution < -0.4 is 5.32 Å². The molecule has 1 aliphatic heterocycles. The zero-order valence-corrected chi connectivity index (χ0v) is 20.5. The third-order valence-electron chi connectivity index (χ3n) is 6.99. The molecule has 7 nitrogen and oxygen atoms in total. The van der Waals surface area contributed by atoms with E-state index >= 15 is 0 Å². The number of carbonyl (C=O) groups excluding carboxylic acids is 2. The fourth-order valence-corrected chi connectivity index (χ4v) is 4.81. The quantitative estimate of drug-likeness (QED) is 0.509. The van der Waals surface area contributed by atoms with Gasteiger partial charge in [0.05, 0.1) is 12.2 Å². The first-order valence-electron chi connectivity index (χ1n) is 12.6. The summed E-state index contributed by atoms with van der Waals surface area (Å²) in [5, 5.41) is 11.6. The molecule has 1 atom stereocenters. The summed E-state index contributed by atoms with van der Waals surface area (Å²) in [5.74, 6) is 0.891. The van der Waals surface area contributed by atoms with Gasteiger partial charge in [-0.25, -0.2) is 4.68 Å². The Bertz CT molecular complexity index is 1180. The Morgan fingerprint density at radius 2 is 1.74 bits per heavy atom. The fourth-order valence-electron chi connectivity index (χ4n) is 4.81. The predicted molar refractivity (Wildman–Crippen MR) is 134 cm³/mol. The van der Waals surface area contributed by atoms with E-state index in [-0.39, 0.29) is 17.7 Å². The molecule has 1 aliphatic carbocycles. The number of rotatable bonds is 9. The van der Waals surface area contributed by atoms with Crippen LogP contribution in [0.2, 0.25) is 0 Å². The summed E-state index contributed by atoms with van der Waals surface area (Å²) >= 11 is 0. The normalized spacial score (nSPS) is 17.9. The number of hydrogen-bond donors (Lipinski definition) is 1. The van der Waals surface area contributed by atoms with Crippen LogP contribution in [0.5, 0.6) is 0 Å². The zero-order valence-electron chi connectivity index (χ0n) is 20.5.